The number of hydrogen-bond acceptors (Lipinski definition) is 5. The summed E-state index contributed by atoms with van der Waals surface area (Å²) in [7, 11) is 1.54. The van der Waals surface area contributed by atoms with Gasteiger partial charge in [0, 0.05) is 5.69 Å². The molecule has 1 amide bonds. The zero-order valence-electron chi connectivity index (χ0n) is 16.0. The second-order valence-electron chi connectivity index (χ2n) is 6.43. The van der Waals surface area contributed by atoms with Crippen molar-refractivity contribution in [2.75, 3.05) is 12.4 Å². The van der Waals surface area contributed by atoms with Crippen molar-refractivity contribution in [1.29, 1.82) is 0 Å². The molecule has 144 valence electrons. The number of nitrogens with one attached hydrogen (secondary N) is 1. The van der Waals surface area contributed by atoms with Gasteiger partial charge in [-0.25, -0.2) is 9.97 Å². The van der Waals surface area contributed by atoms with Crippen molar-refractivity contribution < 1.29 is 14.3 Å². The average molecular weight is 385 g/mol. The van der Waals surface area contributed by atoms with E-state index in [2.05, 4.69) is 15.3 Å². The summed E-state index contributed by atoms with van der Waals surface area (Å²) < 4.78 is 11.2. The Bertz CT molecular complexity index is 1170. The maximum atomic E-state index is 12.5. The van der Waals surface area contributed by atoms with Crippen LogP contribution in [-0.4, -0.2) is 23.0 Å². The van der Waals surface area contributed by atoms with E-state index in [0.29, 0.717) is 28.6 Å². The fourth-order valence-corrected chi connectivity index (χ4v) is 3.07. The molecule has 3 aromatic carbocycles. The SMILES string of the molecule is COc1ccccc1C(=O)Nc1ccc(Oc2ncnc3cccc(C)c23)cc1. The van der Waals surface area contributed by atoms with Crippen LogP contribution < -0.4 is 14.8 Å². The number of amides is 1. The van der Waals surface area contributed by atoms with Gasteiger partial charge in [-0.3, -0.25) is 4.79 Å². The van der Waals surface area contributed by atoms with Gasteiger partial charge in [0.2, 0.25) is 5.88 Å². The summed E-state index contributed by atoms with van der Waals surface area (Å²) in [5, 5.41) is 3.74. The van der Waals surface area contributed by atoms with E-state index in [1.54, 1.807) is 42.5 Å². The zero-order chi connectivity index (χ0) is 20.2. The number of para-hydroxylation sites is 1. The normalized spacial score (nSPS) is 10.6. The minimum absolute atomic E-state index is 0.242. The maximum absolute atomic E-state index is 12.5. The van der Waals surface area contributed by atoms with Crippen LogP contribution in [0.1, 0.15) is 15.9 Å². The molecule has 6 nitrogen and oxygen atoms in total. The van der Waals surface area contributed by atoms with Crippen LogP contribution >= 0.6 is 0 Å². The topological polar surface area (TPSA) is 73.3 Å². The number of ether oxygens (including phenoxy) is 2. The Morgan fingerprint density at radius 3 is 2.52 bits per heavy atom. The molecule has 1 N–H and O–H groups in total. The molecule has 0 saturated carbocycles. The maximum Gasteiger partial charge on any atom is 0.259 e. The van der Waals surface area contributed by atoms with Crippen molar-refractivity contribution in [3.8, 4) is 17.4 Å². The predicted molar refractivity (Wildman–Crippen MR) is 112 cm³/mol. The molecule has 0 unspecified atom stereocenters. The summed E-state index contributed by atoms with van der Waals surface area (Å²) in [5.74, 6) is 1.40. The van der Waals surface area contributed by atoms with Crippen LogP contribution in [-0.2, 0) is 0 Å². The third-order valence-electron chi connectivity index (χ3n) is 4.51. The fourth-order valence-electron chi connectivity index (χ4n) is 3.07. The minimum atomic E-state index is -0.242. The highest BCUT2D eigenvalue weighted by Crippen LogP contribution is 2.29. The first-order valence-electron chi connectivity index (χ1n) is 9.08. The number of carbonyl (C=O) groups is 1. The molecule has 0 aliphatic heterocycles. The number of nitrogens with zero attached hydrogens (tertiary/aromatic N) is 2. The molecule has 0 spiro atoms. The Labute approximate surface area is 168 Å². The van der Waals surface area contributed by atoms with Gasteiger partial charge in [-0.1, -0.05) is 24.3 Å². The number of benzene rings is 3. The van der Waals surface area contributed by atoms with Gasteiger partial charge in [0.1, 0.15) is 17.8 Å². The fraction of sp³-hybridized carbons (Fsp3) is 0.0870. The molecule has 29 heavy (non-hydrogen) atoms. The molecule has 0 saturated heterocycles. The van der Waals surface area contributed by atoms with Crippen molar-refractivity contribution in [2.24, 2.45) is 0 Å². The van der Waals surface area contributed by atoms with Crippen LogP contribution in [0, 0.1) is 6.92 Å². The molecule has 0 radical (unpaired) electrons. The van der Waals surface area contributed by atoms with E-state index in [-0.39, 0.29) is 5.91 Å². The van der Waals surface area contributed by atoms with Crippen molar-refractivity contribution >= 4 is 22.5 Å². The second kappa shape index (κ2) is 7.98. The number of fused-ring (bicyclic) bond motifs is 1. The van der Waals surface area contributed by atoms with Gasteiger partial charge in [0.15, 0.2) is 0 Å². The van der Waals surface area contributed by atoms with Gasteiger partial charge in [-0.05, 0) is 55.0 Å². The summed E-state index contributed by atoms with van der Waals surface area (Å²) in [6.07, 6.45) is 1.49. The molecule has 0 bridgehead atoms. The lowest BCUT2D eigenvalue weighted by atomic mass is 10.1. The number of aryl methyl sites for hydroxylation is 1. The van der Waals surface area contributed by atoms with E-state index in [9.17, 15) is 4.79 Å². The molecule has 0 aliphatic carbocycles. The highest BCUT2D eigenvalue weighted by molar-refractivity contribution is 6.06. The summed E-state index contributed by atoms with van der Waals surface area (Å²) in [6.45, 7) is 2.00. The molecule has 6 heteroatoms. The van der Waals surface area contributed by atoms with E-state index in [1.165, 1.54) is 13.4 Å². The molecule has 4 rings (SSSR count). The number of hydrogen-bond donors (Lipinski definition) is 1. The number of methoxy groups -OCH3 is 1. The Balaban J connectivity index is 1.53. The Kier molecular flexibility index (Phi) is 5.07. The highest BCUT2D eigenvalue weighted by Gasteiger charge is 2.12. The monoisotopic (exact) mass is 385 g/mol. The van der Waals surface area contributed by atoms with Crippen LogP contribution in [0.2, 0.25) is 0 Å². The number of rotatable bonds is 5. The van der Waals surface area contributed by atoms with Gasteiger partial charge < -0.3 is 14.8 Å². The standard InChI is InChI=1S/C23H19N3O3/c1-15-6-5-8-19-21(15)23(25-14-24-19)29-17-12-10-16(11-13-17)26-22(27)18-7-3-4-9-20(18)28-2/h3-14H,1-2H3,(H,26,27). The Hall–Kier alpha value is -3.93. The van der Waals surface area contributed by atoms with Gasteiger partial charge in [0.05, 0.1) is 23.6 Å². The van der Waals surface area contributed by atoms with E-state index in [1.807, 2.05) is 31.2 Å². The van der Waals surface area contributed by atoms with Gasteiger partial charge >= 0.3 is 0 Å². The van der Waals surface area contributed by atoms with Crippen LogP contribution in [0.3, 0.4) is 0 Å². The zero-order valence-corrected chi connectivity index (χ0v) is 16.0. The average Bonchev–Trinajstić information content (AvgIpc) is 2.75. The first-order valence-corrected chi connectivity index (χ1v) is 9.08. The lowest BCUT2D eigenvalue weighted by molar-refractivity contribution is 0.102. The first kappa shape index (κ1) is 18.4. The Morgan fingerprint density at radius 1 is 0.931 bits per heavy atom. The molecule has 4 aromatic rings. The second-order valence-corrected chi connectivity index (χ2v) is 6.43. The van der Waals surface area contributed by atoms with Crippen molar-refractivity contribution in [1.82, 2.24) is 9.97 Å². The quantitative estimate of drug-likeness (QED) is 0.524. The van der Waals surface area contributed by atoms with Crippen molar-refractivity contribution in [3.63, 3.8) is 0 Å². The third-order valence-corrected chi connectivity index (χ3v) is 4.51. The molecule has 0 atom stereocenters. The Morgan fingerprint density at radius 2 is 1.72 bits per heavy atom. The van der Waals surface area contributed by atoms with Crippen LogP contribution in [0.15, 0.2) is 73.1 Å². The number of carbonyl (C=O) groups excluding carboxylic acids is 1. The summed E-state index contributed by atoms with van der Waals surface area (Å²) >= 11 is 0. The van der Waals surface area contributed by atoms with E-state index in [4.69, 9.17) is 9.47 Å². The minimum Gasteiger partial charge on any atom is -0.496 e. The highest BCUT2D eigenvalue weighted by atomic mass is 16.5. The van der Waals surface area contributed by atoms with Crippen molar-refractivity contribution in [2.45, 2.75) is 6.92 Å². The van der Waals surface area contributed by atoms with Crippen LogP contribution in [0.5, 0.6) is 17.4 Å². The molecular formula is C23H19N3O3. The lowest BCUT2D eigenvalue weighted by Gasteiger charge is -2.11. The number of aromatic nitrogens is 2. The van der Waals surface area contributed by atoms with Gasteiger partial charge in [-0.15, -0.1) is 0 Å². The molecule has 1 aromatic heterocycles. The van der Waals surface area contributed by atoms with Gasteiger partial charge in [0.25, 0.3) is 5.91 Å². The third kappa shape index (κ3) is 3.87. The predicted octanol–water partition coefficient (Wildman–Crippen LogP) is 4.99. The van der Waals surface area contributed by atoms with Crippen LogP contribution in [0.25, 0.3) is 10.9 Å². The van der Waals surface area contributed by atoms with Crippen LogP contribution in [0.4, 0.5) is 5.69 Å². The smallest absolute Gasteiger partial charge is 0.259 e. The van der Waals surface area contributed by atoms with Crippen molar-refractivity contribution in [3.05, 3.63) is 84.2 Å². The lowest BCUT2D eigenvalue weighted by Crippen LogP contribution is -2.12. The van der Waals surface area contributed by atoms with E-state index in [0.717, 1.165) is 16.5 Å². The van der Waals surface area contributed by atoms with E-state index >= 15 is 0 Å². The van der Waals surface area contributed by atoms with E-state index < -0.39 is 0 Å². The molecule has 0 aliphatic rings. The molecule has 1 heterocycles. The van der Waals surface area contributed by atoms with Gasteiger partial charge in [-0.2, -0.15) is 0 Å². The summed E-state index contributed by atoms with van der Waals surface area (Å²) in [4.78, 5) is 21.1. The largest absolute Gasteiger partial charge is 0.496 e. The molecular weight excluding hydrogens is 366 g/mol. The summed E-state index contributed by atoms with van der Waals surface area (Å²) in [5.41, 5.74) is 2.99. The number of anilines is 1. The first-order chi connectivity index (χ1) is 14.2. The molecule has 0 fully saturated rings. The summed E-state index contributed by atoms with van der Waals surface area (Å²) in [6, 6.07) is 20.1.